The topological polar surface area (TPSA) is 62.0 Å². The Morgan fingerprint density at radius 2 is 1.29 bits per heavy atom. The quantitative estimate of drug-likeness (QED) is 0.192. The van der Waals surface area contributed by atoms with Crippen LogP contribution in [0, 0.1) is 0 Å². The summed E-state index contributed by atoms with van der Waals surface area (Å²) in [5, 5.41) is 4.14. The van der Waals surface area contributed by atoms with E-state index in [0.717, 1.165) is 0 Å². The molecule has 4 aromatic carbocycles. The highest BCUT2D eigenvalue weighted by molar-refractivity contribution is 6.39. The summed E-state index contributed by atoms with van der Waals surface area (Å²) in [6.45, 7) is 0. The van der Waals surface area contributed by atoms with Gasteiger partial charge < -0.3 is 10.3 Å². The summed E-state index contributed by atoms with van der Waals surface area (Å²) < 4.78 is 0. The van der Waals surface area contributed by atoms with E-state index in [4.69, 9.17) is 23.2 Å². The Morgan fingerprint density at radius 3 is 1.86 bits per heavy atom. The van der Waals surface area contributed by atoms with Gasteiger partial charge in [-0.1, -0.05) is 114 Å². The Labute approximate surface area is 212 Å². The zero-order valence-corrected chi connectivity index (χ0v) is 20.0. The van der Waals surface area contributed by atoms with Gasteiger partial charge in [-0.2, -0.15) is 0 Å². The normalized spacial score (nSPS) is 11.4. The van der Waals surface area contributed by atoms with Crippen LogP contribution in [0.1, 0.15) is 27.2 Å². The van der Waals surface area contributed by atoms with Gasteiger partial charge in [0.25, 0.3) is 5.91 Å². The van der Waals surface area contributed by atoms with E-state index in [1.165, 1.54) is 0 Å². The molecular weight excluding hydrogens is 479 g/mol. The molecule has 172 valence electrons. The van der Waals surface area contributed by atoms with Crippen LogP contribution in [0.5, 0.6) is 0 Å². The number of nitrogens with one attached hydrogen (secondary N) is 2. The molecule has 1 heterocycles. The Morgan fingerprint density at radius 1 is 0.743 bits per heavy atom. The van der Waals surface area contributed by atoms with E-state index in [1.807, 2.05) is 66.7 Å². The number of H-pyrrole nitrogens is 1. The number of benzene rings is 4. The summed E-state index contributed by atoms with van der Waals surface area (Å²) in [5.41, 5.74) is 2.96. The second kappa shape index (κ2) is 9.41. The predicted octanol–water partition coefficient (Wildman–Crippen LogP) is 7.17. The summed E-state index contributed by atoms with van der Waals surface area (Å²) in [7, 11) is 0. The summed E-state index contributed by atoms with van der Waals surface area (Å²) in [4.78, 5) is 29.0. The predicted molar refractivity (Wildman–Crippen MR) is 141 cm³/mol. The Bertz CT molecular complexity index is 1470. The molecule has 0 radical (unpaired) electrons. The van der Waals surface area contributed by atoms with Crippen LogP contribution in [0.15, 0.2) is 109 Å². The number of hydrogen-bond acceptors (Lipinski definition) is 2. The van der Waals surface area contributed by atoms with Crippen molar-refractivity contribution in [2.45, 2.75) is 4.87 Å². The van der Waals surface area contributed by atoms with Crippen molar-refractivity contribution in [3.05, 3.63) is 137 Å². The molecule has 1 aromatic heterocycles. The number of aromatic nitrogens is 1. The standard InChI is InChI=1S/C29H20Cl2N2O2/c30-22-16-17-23-24(18-22)32-26(27(34)19-10-4-1-5-11-19)25(23)33-28(35)29(31,20-12-6-2-7-13-20)21-14-8-3-9-15-21/h1-18,32H,(H,33,35). The van der Waals surface area contributed by atoms with Crippen LogP contribution in [0.3, 0.4) is 0 Å². The molecule has 0 aliphatic rings. The number of rotatable bonds is 6. The average molecular weight is 499 g/mol. The van der Waals surface area contributed by atoms with E-state index in [9.17, 15) is 9.59 Å². The van der Waals surface area contributed by atoms with Gasteiger partial charge in [0.05, 0.1) is 5.69 Å². The van der Waals surface area contributed by atoms with E-state index in [0.29, 0.717) is 38.3 Å². The molecule has 35 heavy (non-hydrogen) atoms. The Balaban J connectivity index is 1.65. The van der Waals surface area contributed by atoms with Crippen molar-refractivity contribution in [1.29, 1.82) is 0 Å². The lowest BCUT2D eigenvalue weighted by atomic mass is 9.89. The molecule has 4 nitrogen and oxygen atoms in total. The van der Waals surface area contributed by atoms with E-state index in [2.05, 4.69) is 10.3 Å². The fourth-order valence-corrected chi connectivity index (χ4v) is 4.64. The fraction of sp³-hybridized carbons (Fsp3) is 0.0345. The van der Waals surface area contributed by atoms with Gasteiger partial charge in [0.1, 0.15) is 5.69 Å². The molecule has 0 saturated heterocycles. The molecule has 0 aliphatic heterocycles. The fourth-order valence-electron chi connectivity index (χ4n) is 4.17. The SMILES string of the molecule is O=C(c1ccccc1)c1[nH]c2cc(Cl)ccc2c1NC(=O)C(Cl)(c1ccccc1)c1ccccc1. The van der Waals surface area contributed by atoms with Crippen molar-refractivity contribution >= 4 is 51.5 Å². The molecule has 0 unspecified atom stereocenters. The van der Waals surface area contributed by atoms with Crippen LogP contribution < -0.4 is 5.32 Å². The van der Waals surface area contributed by atoms with Gasteiger partial charge >= 0.3 is 0 Å². The molecule has 6 heteroatoms. The van der Waals surface area contributed by atoms with Gasteiger partial charge in [-0.25, -0.2) is 0 Å². The summed E-state index contributed by atoms with van der Waals surface area (Å²) >= 11 is 13.4. The van der Waals surface area contributed by atoms with Crippen LogP contribution in [0.4, 0.5) is 5.69 Å². The van der Waals surface area contributed by atoms with Crippen LogP contribution in [0.2, 0.25) is 5.02 Å². The summed E-state index contributed by atoms with van der Waals surface area (Å²) in [6.07, 6.45) is 0. The van der Waals surface area contributed by atoms with Crippen molar-refractivity contribution in [1.82, 2.24) is 4.98 Å². The number of anilines is 1. The molecule has 5 rings (SSSR count). The maximum atomic E-state index is 14.0. The lowest BCUT2D eigenvalue weighted by Gasteiger charge is -2.27. The molecule has 5 aromatic rings. The number of ketones is 1. The van der Waals surface area contributed by atoms with Crippen molar-refractivity contribution < 1.29 is 9.59 Å². The highest BCUT2D eigenvalue weighted by atomic mass is 35.5. The van der Waals surface area contributed by atoms with E-state index < -0.39 is 10.8 Å². The van der Waals surface area contributed by atoms with E-state index >= 15 is 0 Å². The van der Waals surface area contributed by atoms with Crippen LogP contribution in [-0.4, -0.2) is 16.7 Å². The minimum absolute atomic E-state index is 0.252. The van der Waals surface area contributed by atoms with Crippen LogP contribution in [-0.2, 0) is 9.67 Å². The second-order valence-electron chi connectivity index (χ2n) is 8.10. The number of carbonyl (C=O) groups excluding carboxylic acids is 2. The number of fused-ring (bicyclic) bond motifs is 1. The number of alkyl halides is 1. The number of halogens is 2. The zero-order valence-electron chi connectivity index (χ0n) is 18.5. The Kier molecular flexibility index (Phi) is 6.16. The molecule has 0 aliphatic carbocycles. The molecule has 0 bridgehead atoms. The molecule has 0 saturated carbocycles. The van der Waals surface area contributed by atoms with Gasteiger partial charge in [0.15, 0.2) is 4.87 Å². The minimum Gasteiger partial charge on any atom is -0.350 e. The molecule has 2 N–H and O–H groups in total. The van der Waals surface area contributed by atoms with E-state index in [1.54, 1.807) is 42.5 Å². The van der Waals surface area contributed by atoms with Gasteiger partial charge in [-0.05, 0) is 29.3 Å². The van der Waals surface area contributed by atoms with Gasteiger partial charge in [0.2, 0.25) is 5.78 Å². The summed E-state index contributed by atoms with van der Waals surface area (Å²) in [5.74, 6) is -0.734. The number of amides is 1. The van der Waals surface area contributed by atoms with Crippen molar-refractivity contribution in [3.63, 3.8) is 0 Å². The first-order valence-corrected chi connectivity index (χ1v) is 11.8. The van der Waals surface area contributed by atoms with E-state index in [-0.39, 0.29) is 11.5 Å². The van der Waals surface area contributed by atoms with Gasteiger partial charge in [-0.3, -0.25) is 9.59 Å². The van der Waals surface area contributed by atoms with Crippen LogP contribution >= 0.6 is 23.2 Å². The highest BCUT2D eigenvalue weighted by Crippen LogP contribution is 2.39. The monoisotopic (exact) mass is 498 g/mol. The largest absolute Gasteiger partial charge is 0.350 e. The highest BCUT2D eigenvalue weighted by Gasteiger charge is 2.41. The minimum atomic E-state index is -1.52. The van der Waals surface area contributed by atoms with Crippen molar-refractivity contribution in [2.75, 3.05) is 5.32 Å². The Hall–Kier alpha value is -3.86. The number of aromatic amines is 1. The number of hydrogen-bond donors (Lipinski definition) is 2. The number of carbonyl (C=O) groups is 2. The maximum Gasteiger partial charge on any atom is 0.254 e. The van der Waals surface area contributed by atoms with Crippen molar-refractivity contribution in [2.24, 2.45) is 0 Å². The van der Waals surface area contributed by atoms with Crippen molar-refractivity contribution in [3.8, 4) is 0 Å². The molecule has 0 spiro atoms. The lowest BCUT2D eigenvalue weighted by molar-refractivity contribution is -0.117. The molecule has 0 atom stereocenters. The van der Waals surface area contributed by atoms with Gasteiger partial charge in [0, 0.05) is 21.5 Å². The van der Waals surface area contributed by atoms with Gasteiger partial charge in [-0.15, -0.1) is 0 Å². The summed E-state index contributed by atoms with van der Waals surface area (Å²) in [6, 6.07) is 32.4. The molecular formula is C29H20Cl2N2O2. The zero-order chi connectivity index (χ0) is 24.4. The first-order chi connectivity index (χ1) is 17.0. The third-order valence-corrected chi connectivity index (χ3v) is 6.76. The molecule has 0 fully saturated rings. The first-order valence-electron chi connectivity index (χ1n) is 11.0. The average Bonchev–Trinajstić information content (AvgIpc) is 3.26. The van der Waals surface area contributed by atoms with Crippen LogP contribution in [0.25, 0.3) is 10.9 Å². The maximum absolute atomic E-state index is 14.0. The molecule has 1 amide bonds. The second-order valence-corrected chi connectivity index (χ2v) is 9.11. The lowest BCUT2D eigenvalue weighted by Crippen LogP contribution is -2.36. The third kappa shape index (κ3) is 4.23. The smallest absolute Gasteiger partial charge is 0.254 e. The first kappa shape index (κ1) is 22.9. The third-order valence-electron chi connectivity index (χ3n) is 5.92.